The Morgan fingerprint density at radius 1 is 1.04 bits per heavy atom. The van der Waals surface area contributed by atoms with Gasteiger partial charge in [0.15, 0.2) is 0 Å². The van der Waals surface area contributed by atoms with Crippen molar-refractivity contribution >= 4 is 35.8 Å². The van der Waals surface area contributed by atoms with E-state index < -0.39 is 0 Å². The second-order valence-corrected chi connectivity index (χ2v) is 8.32. The maximum Gasteiger partial charge on any atom is 0.227 e. The molecule has 3 fully saturated rings. The topological polar surface area (TPSA) is 66.6 Å². The molecular weight excluding hydrogens is 385 g/mol. The number of amides is 2. The van der Waals surface area contributed by atoms with Crippen LogP contribution in [0.4, 0.5) is 0 Å². The van der Waals surface area contributed by atoms with Gasteiger partial charge in [-0.1, -0.05) is 29.8 Å². The summed E-state index contributed by atoms with van der Waals surface area (Å²) < 4.78 is 0. The molecule has 4 rings (SSSR count). The maximum absolute atomic E-state index is 12.9. The molecular formula is C20H27Cl2N3O2. The first-order valence-corrected chi connectivity index (χ1v) is 9.98. The smallest absolute Gasteiger partial charge is 0.227 e. The molecule has 5 nitrogen and oxygen atoms in total. The third-order valence-corrected chi connectivity index (χ3v) is 6.88. The van der Waals surface area contributed by atoms with Crippen molar-refractivity contribution in [3.05, 3.63) is 34.9 Å². The lowest BCUT2D eigenvalue weighted by molar-refractivity contribution is -0.143. The molecule has 1 aliphatic heterocycles. The standard InChI is InChI=1S/C20H26ClN3O2.ClH/c21-16-4-2-1-3-13(16)12-17(25)23-7-9-24(10-8-23)20(26)18-14-5-6-15(11-14)19(18)22;/h1-4,14-15,18-19H,5-12,22H2;1H. The molecule has 7 heteroatoms. The van der Waals surface area contributed by atoms with Gasteiger partial charge in [0, 0.05) is 37.2 Å². The Bertz CT molecular complexity index is 704. The van der Waals surface area contributed by atoms with Gasteiger partial charge >= 0.3 is 0 Å². The van der Waals surface area contributed by atoms with Gasteiger partial charge in [0.1, 0.15) is 0 Å². The Labute approximate surface area is 171 Å². The van der Waals surface area contributed by atoms with Gasteiger partial charge < -0.3 is 15.5 Å². The van der Waals surface area contributed by atoms with E-state index >= 15 is 0 Å². The van der Waals surface area contributed by atoms with E-state index in [0.29, 0.717) is 49.5 Å². The third-order valence-electron chi connectivity index (χ3n) is 6.51. The van der Waals surface area contributed by atoms with Crippen LogP contribution in [0.15, 0.2) is 24.3 Å². The van der Waals surface area contributed by atoms with Crippen LogP contribution in [0.1, 0.15) is 24.8 Å². The molecule has 148 valence electrons. The summed E-state index contributed by atoms with van der Waals surface area (Å²) in [5, 5.41) is 0.625. The molecule has 3 aliphatic rings. The van der Waals surface area contributed by atoms with Crippen LogP contribution in [0.3, 0.4) is 0 Å². The average Bonchev–Trinajstić information content (AvgIpc) is 3.24. The molecule has 27 heavy (non-hydrogen) atoms. The van der Waals surface area contributed by atoms with Crippen LogP contribution in [0, 0.1) is 17.8 Å². The minimum Gasteiger partial charge on any atom is -0.339 e. The van der Waals surface area contributed by atoms with E-state index in [9.17, 15) is 9.59 Å². The number of hydrogen-bond donors (Lipinski definition) is 1. The van der Waals surface area contributed by atoms with Crippen molar-refractivity contribution in [2.24, 2.45) is 23.5 Å². The first kappa shape index (κ1) is 20.4. The Morgan fingerprint density at radius 3 is 2.30 bits per heavy atom. The molecule has 4 unspecified atom stereocenters. The molecule has 0 spiro atoms. The van der Waals surface area contributed by atoms with Crippen LogP contribution >= 0.6 is 24.0 Å². The fourth-order valence-corrected chi connectivity index (χ4v) is 5.21. The highest BCUT2D eigenvalue weighted by Gasteiger charge is 2.50. The number of piperazine rings is 1. The highest BCUT2D eigenvalue weighted by Crippen LogP contribution is 2.48. The molecule has 1 aromatic rings. The van der Waals surface area contributed by atoms with Gasteiger partial charge in [0.25, 0.3) is 0 Å². The Morgan fingerprint density at radius 2 is 1.67 bits per heavy atom. The minimum absolute atomic E-state index is 0. The van der Waals surface area contributed by atoms with Crippen LogP contribution in [0.5, 0.6) is 0 Å². The lowest BCUT2D eigenvalue weighted by atomic mass is 9.84. The normalized spacial score (nSPS) is 29.6. The zero-order valence-electron chi connectivity index (χ0n) is 15.4. The number of halogens is 2. The summed E-state index contributed by atoms with van der Waals surface area (Å²) >= 11 is 6.15. The zero-order chi connectivity index (χ0) is 18.3. The minimum atomic E-state index is -0.000808. The molecule has 0 aromatic heterocycles. The molecule has 1 saturated heterocycles. The number of hydrogen-bond acceptors (Lipinski definition) is 3. The van der Waals surface area contributed by atoms with Gasteiger partial charge in [0.05, 0.1) is 12.3 Å². The Hall–Kier alpha value is -1.30. The second-order valence-electron chi connectivity index (χ2n) is 7.91. The SMILES string of the molecule is Cl.NC1C2CCC(C2)C1C(=O)N1CCN(C(=O)Cc2ccccc2Cl)CC1. The van der Waals surface area contributed by atoms with Gasteiger partial charge in [-0.2, -0.15) is 0 Å². The molecule has 2 amide bonds. The number of fused-ring (bicyclic) bond motifs is 2. The second kappa shape index (κ2) is 8.38. The molecule has 4 atom stereocenters. The summed E-state index contributed by atoms with van der Waals surface area (Å²) in [6, 6.07) is 7.47. The van der Waals surface area contributed by atoms with Gasteiger partial charge in [-0.05, 0) is 42.7 Å². The van der Waals surface area contributed by atoms with Crippen molar-refractivity contribution < 1.29 is 9.59 Å². The third kappa shape index (κ3) is 3.96. The number of benzene rings is 1. The van der Waals surface area contributed by atoms with Crippen molar-refractivity contribution in [1.82, 2.24) is 9.80 Å². The van der Waals surface area contributed by atoms with E-state index in [1.54, 1.807) is 6.07 Å². The number of rotatable bonds is 3. The largest absolute Gasteiger partial charge is 0.339 e. The first-order chi connectivity index (χ1) is 12.5. The van der Waals surface area contributed by atoms with Crippen molar-refractivity contribution in [1.29, 1.82) is 0 Å². The number of carbonyl (C=O) groups excluding carboxylic acids is 2. The molecule has 1 aromatic carbocycles. The Kier molecular flexibility index (Phi) is 6.34. The first-order valence-electron chi connectivity index (χ1n) is 9.60. The van der Waals surface area contributed by atoms with Gasteiger partial charge in [-0.15, -0.1) is 12.4 Å². The summed E-state index contributed by atoms with van der Waals surface area (Å²) in [6.07, 6.45) is 3.75. The van der Waals surface area contributed by atoms with E-state index in [1.807, 2.05) is 28.0 Å². The predicted octanol–water partition coefficient (Wildman–Crippen LogP) is 2.35. The van der Waals surface area contributed by atoms with Gasteiger partial charge in [-0.3, -0.25) is 9.59 Å². The van der Waals surface area contributed by atoms with Gasteiger partial charge in [0.2, 0.25) is 11.8 Å². The van der Waals surface area contributed by atoms with Crippen molar-refractivity contribution in [2.45, 2.75) is 31.7 Å². The number of carbonyl (C=O) groups is 2. The lowest BCUT2D eigenvalue weighted by Gasteiger charge is -2.38. The average molecular weight is 412 g/mol. The predicted molar refractivity (Wildman–Crippen MR) is 108 cm³/mol. The molecule has 2 bridgehead atoms. The summed E-state index contributed by atoms with van der Waals surface area (Å²) in [5.74, 6) is 1.29. The molecule has 0 radical (unpaired) electrons. The highest BCUT2D eigenvalue weighted by atomic mass is 35.5. The van der Waals surface area contributed by atoms with E-state index in [1.165, 1.54) is 6.42 Å². The molecule has 1 heterocycles. The van der Waals surface area contributed by atoms with Crippen molar-refractivity contribution in [2.75, 3.05) is 26.2 Å². The summed E-state index contributed by atoms with van der Waals surface area (Å²) in [4.78, 5) is 29.3. The molecule has 2 N–H and O–H groups in total. The lowest BCUT2D eigenvalue weighted by Crippen LogP contribution is -2.55. The van der Waals surface area contributed by atoms with Crippen LogP contribution in [-0.4, -0.2) is 53.8 Å². The fraction of sp³-hybridized carbons (Fsp3) is 0.600. The summed E-state index contributed by atoms with van der Waals surface area (Å²) in [6.45, 7) is 2.39. The van der Waals surface area contributed by atoms with E-state index in [2.05, 4.69) is 0 Å². The van der Waals surface area contributed by atoms with Crippen LogP contribution in [0.25, 0.3) is 0 Å². The number of nitrogens with zero attached hydrogens (tertiary/aromatic N) is 2. The molecule has 2 aliphatic carbocycles. The van der Waals surface area contributed by atoms with Crippen molar-refractivity contribution in [3.8, 4) is 0 Å². The zero-order valence-corrected chi connectivity index (χ0v) is 16.9. The van der Waals surface area contributed by atoms with Crippen molar-refractivity contribution in [3.63, 3.8) is 0 Å². The van der Waals surface area contributed by atoms with Gasteiger partial charge in [-0.25, -0.2) is 0 Å². The van der Waals surface area contributed by atoms with Crippen LogP contribution in [0.2, 0.25) is 5.02 Å². The van der Waals surface area contributed by atoms with E-state index in [-0.39, 0.29) is 36.2 Å². The summed E-state index contributed by atoms with van der Waals surface area (Å²) in [7, 11) is 0. The van der Waals surface area contributed by atoms with Crippen LogP contribution in [-0.2, 0) is 16.0 Å². The number of nitrogens with two attached hydrogens (primary N) is 1. The van der Waals surface area contributed by atoms with E-state index in [0.717, 1.165) is 18.4 Å². The summed E-state index contributed by atoms with van der Waals surface area (Å²) in [5.41, 5.74) is 7.18. The fourth-order valence-electron chi connectivity index (χ4n) is 5.01. The maximum atomic E-state index is 12.9. The quantitative estimate of drug-likeness (QED) is 0.829. The molecule has 2 saturated carbocycles. The highest BCUT2D eigenvalue weighted by molar-refractivity contribution is 6.31. The van der Waals surface area contributed by atoms with E-state index in [4.69, 9.17) is 17.3 Å². The van der Waals surface area contributed by atoms with Crippen LogP contribution < -0.4 is 5.73 Å². The Balaban J connectivity index is 0.00000210. The monoisotopic (exact) mass is 411 g/mol.